The molecule has 146 valence electrons. The molecule has 3 rings (SSSR count). The van der Waals surface area contributed by atoms with Gasteiger partial charge in [0.25, 0.3) is 0 Å². The van der Waals surface area contributed by atoms with Crippen LogP contribution < -0.4 is 10.6 Å². The van der Waals surface area contributed by atoms with Crippen LogP contribution in [-0.4, -0.2) is 79.1 Å². The summed E-state index contributed by atoms with van der Waals surface area (Å²) >= 11 is 0. The zero-order chi connectivity index (χ0) is 18.4. The molecule has 2 heterocycles. The predicted molar refractivity (Wildman–Crippen MR) is 94.6 cm³/mol. The first-order valence-corrected chi connectivity index (χ1v) is 9.53. The third-order valence-corrected chi connectivity index (χ3v) is 5.19. The highest BCUT2D eigenvalue weighted by Gasteiger charge is 2.30. The minimum absolute atomic E-state index is 0.0185. The Labute approximate surface area is 153 Å². The third-order valence-electron chi connectivity index (χ3n) is 5.19. The number of nitrogens with one attached hydrogen (secondary N) is 2. The van der Waals surface area contributed by atoms with Gasteiger partial charge in [0.05, 0.1) is 38.4 Å². The van der Waals surface area contributed by atoms with Crippen molar-refractivity contribution in [3.8, 4) is 0 Å². The van der Waals surface area contributed by atoms with Crippen LogP contribution in [0.5, 0.6) is 0 Å². The van der Waals surface area contributed by atoms with Crippen molar-refractivity contribution in [1.82, 2.24) is 15.5 Å². The van der Waals surface area contributed by atoms with Crippen molar-refractivity contribution in [2.24, 2.45) is 0 Å². The van der Waals surface area contributed by atoms with Gasteiger partial charge in [-0.3, -0.25) is 4.79 Å². The second-order valence-corrected chi connectivity index (χ2v) is 7.10. The number of aliphatic hydroxyl groups is 1. The number of urea groups is 1. The summed E-state index contributed by atoms with van der Waals surface area (Å²) in [6.45, 7) is 2.11. The van der Waals surface area contributed by atoms with Crippen LogP contribution in [0.1, 0.15) is 32.1 Å². The molecule has 0 radical (unpaired) electrons. The second-order valence-electron chi connectivity index (χ2n) is 7.10. The van der Waals surface area contributed by atoms with Crippen molar-refractivity contribution in [3.05, 3.63) is 12.2 Å². The molecule has 0 aromatic carbocycles. The largest absolute Gasteiger partial charge is 0.394 e. The topological polar surface area (TPSA) is 100 Å². The van der Waals surface area contributed by atoms with Gasteiger partial charge in [0, 0.05) is 19.1 Å². The lowest BCUT2D eigenvalue weighted by atomic mass is 10.0. The standard InChI is InChI=1S/C18H29N3O5/c22-12-16-15(20-18(24)19-13-3-1-2-4-13)6-5-14(26-16)11-17(23)21-7-9-25-10-8-21/h5-6,13-16,22H,1-4,7-12H2,(H2,19,20,24)/t14-,15-,16-/m1/s1. The summed E-state index contributed by atoms with van der Waals surface area (Å²) in [7, 11) is 0. The Morgan fingerprint density at radius 2 is 1.85 bits per heavy atom. The molecule has 0 unspecified atom stereocenters. The van der Waals surface area contributed by atoms with E-state index in [0.29, 0.717) is 26.3 Å². The lowest BCUT2D eigenvalue weighted by molar-refractivity contribution is -0.139. The normalized spacial score (nSPS) is 29.6. The maximum absolute atomic E-state index is 12.3. The molecule has 26 heavy (non-hydrogen) atoms. The molecule has 8 heteroatoms. The van der Waals surface area contributed by atoms with E-state index in [4.69, 9.17) is 9.47 Å². The second kappa shape index (κ2) is 9.34. The van der Waals surface area contributed by atoms with Gasteiger partial charge >= 0.3 is 6.03 Å². The molecular weight excluding hydrogens is 338 g/mol. The molecule has 2 aliphatic heterocycles. The molecule has 2 fully saturated rings. The Morgan fingerprint density at radius 3 is 2.54 bits per heavy atom. The third kappa shape index (κ3) is 5.18. The Hall–Kier alpha value is -1.64. The summed E-state index contributed by atoms with van der Waals surface area (Å²) in [4.78, 5) is 26.2. The highest BCUT2D eigenvalue weighted by Crippen LogP contribution is 2.19. The number of hydrogen-bond acceptors (Lipinski definition) is 5. The Bertz CT molecular complexity index is 515. The van der Waals surface area contributed by atoms with Gasteiger partial charge in [-0.05, 0) is 12.8 Å². The number of ether oxygens (including phenoxy) is 2. The zero-order valence-electron chi connectivity index (χ0n) is 15.1. The van der Waals surface area contributed by atoms with Gasteiger partial charge in [-0.25, -0.2) is 4.79 Å². The van der Waals surface area contributed by atoms with Gasteiger partial charge < -0.3 is 30.1 Å². The lowest BCUT2D eigenvalue weighted by Gasteiger charge is -2.33. The number of rotatable bonds is 5. The van der Waals surface area contributed by atoms with Gasteiger partial charge in [0.1, 0.15) is 6.10 Å². The van der Waals surface area contributed by atoms with Crippen LogP contribution in [0.3, 0.4) is 0 Å². The van der Waals surface area contributed by atoms with Gasteiger partial charge in [0.2, 0.25) is 5.91 Å². The summed E-state index contributed by atoms with van der Waals surface area (Å²) < 4.78 is 11.1. The Morgan fingerprint density at radius 1 is 1.12 bits per heavy atom. The van der Waals surface area contributed by atoms with Crippen LogP contribution in [0.25, 0.3) is 0 Å². The molecule has 0 aromatic rings. The maximum Gasteiger partial charge on any atom is 0.315 e. The fourth-order valence-electron chi connectivity index (χ4n) is 3.70. The molecular formula is C18H29N3O5. The molecule has 1 aliphatic carbocycles. The first-order valence-electron chi connectivity index (χ1n) is 9.53. The minimum Gasteiger partial charge on any atom is -0.394 e. The molecule has 3 amide bonds. The Balaban J connectivity index is 1.49. The van der Waals surface area contributed by atoms with Crippen LogP contribution in [0.4, 0.5) is 4.79 Å². The van der Waals surface area contributed by atoms with Crippen molar-refractivity contribution < 1.29 is 24.2 Å². The molecule has 1 saturated carbocycles. The minimum atomic E-state index is -0.559. The summed E-state index contributed by atoms with van der Waals surface area (Å²) in [5.41, 5.74) is 0. The maximum atomic E-state index is 12.3. The fraction of sp³-hybridized carbons (Fsp3) is 0.778. The van der Waals surface area contributed by atoms with Gasteiger partial charge in [-0.1, -0.05) is 25.0 Å². The molecule has 3 aliphatic rings. The molecule has 8 nitrogen and oxygen atoms in total. The number of carbonyl (C=O) groups excluding carboxylic acids is 2. The van der Waals surface area contributed by atoms with E-state index < -0.39 is 18.2 Å². The molecule has 0 spiro atoms. The summed E-state index contributed by atoms with van der Waals surface area (Å²) in [6.07, 6.45) is 7.22. The number of morpholine rings is 1. The highest BCUT2D eigenvalue weighted by molar-refractivity contribution is 5.77. The number of amides is 3. The van der Waals surface area contributed by atoms with Crippen LogP contribution >= 0.6 is 0 Å². The molecule has 3 atom stereocenters. The van der Waals surface area contributed by atoms with Gasteiger partial charge in [0.15, 0.2) is 0 Å². The van der Waals surface area contributed by atoms with Crippen LogP contribution in [0.15, 0.2) is 12.2 Å². The van der Waals surface area contributed by atoms with Crippen LogP contribution in [-0.2, 0) is 14.3 Å². The predicted octanol–water partition coefficient (Wildman–Crippen LogP) is 0.162. The highest BCUT2D eigenvalue weighted by atomic mass is 16.5. The number of nitrogens with zero attached hydrogens (tertiary/aromatic N) is 1. The monoisotopic (exact) mass is 367 g/mol. The van der Waals surface area contributed by atoms with Crippen molar-refractivity contribution in [2.75, 3.05) is 32.9 Å². The SMILES string of the molecule is O=C(NC1CCCC1)N[C@@H]1C=C[C@H](CC(=O)N2CCOCC2)O[C@@H]1CO. The Kier molecular flexibility index (Phi) is 6.87. The summed E-state index contributed by atoms with van der Waals surface area (Å²) in [5, 5.41) is 15.4. The summed E-state index contributed by atoms with van der Waals surface area (Å²) in [5.74, 6) is 0.0185. The van der Waals surface area contributed by atoms with E-state index in [1.807, 2.05) is 6.08 Å². The number of carbonyl (C=O) groups is 2. The summed E-state index contributed by atoms with van der Waals surface area (Å²) in [6, 6.07) is -0.414. The van der Waals surface area contributed by atoms with Crippen LogP contribution in [0.2, 0.25) is 0 Å². The van der Waals surface area contributed by atoms with Crippen molar-refractivity contribution >= 4 is 11.9 Å². The van der Waals surface area contributed by atoms with Gasteiger partial charge in [-0.15, -0.1) is 0 Å². The molecule has 0 bridgehead atoms. The quantitative estimate of drug-likeness (QED) is 0.601. The van der Waals surface area contributed by atoms with Gasteiger partial charge in [-0.2, -0.15) is 0 Å². The van der Waals surface area contributed by atoms with Crippen molar-refractivity contribution in [3.63, 3.8) is 0 Å². The zero-order valence-corrected chi connectivity index (χ0v) is 15.1. The average Bonchev–Trinajstić information content (AvgIpc) is 3.16. The first kappa shape index (κ1) is 19.1. The van der Waals surface area contributed by atoms with E-state index in [-0.39, 0.29) is 31.0 Å². The average molecular weight is 367 g/mol. The lowest BCUT2D eigenvalue weighted by Crippen LogP contribution is -2.53. The first-order chi connectivity index (χ1) is 12.7. The van der Waals surface area contributed by atoms with Crippen molar-refractivity contribution in [1.29, 1.82) is 0 Å². The molecule has 3 N–H and O–H groups in total. The molecule has 1 saturated heterocycles. The van der Waals surface area contributed by atoms with E-state index in [2.05, 4.69) is 10.6 Å². The smallest absolute Gasteiger partial charge is 0.315 e. The van der Waals surface area contributed by atoms with Crippen LogP contribution in [0, 0.1) is 0 Å². The van der Waals surface area contributed by atoms with E-state index in [0.717, 1.165) is 25.7 Å². The number of aliphatic hydroxyl groups excluding tert-OH is 1. The number of hydrogen-bond donors (Lipinski definition) is 3. The van der Waals surface area contributed by atoms with E-state index in [9.17, 15) is 14.7 Å². The molecule has 0 aromatic heterocycles. The fourth-order valence-corrected chi connectivity index (χ4v) is 3.70. The van der Waals surface area contributed by atoms with E-state index >= 15 is 0 Å². The van der Waals surface area contributed by atoms with E-state index in [1.165, 1.54) is 0 Å². The van der Waals surface area contributed by atoms with E-state index in [1.54, 1.807) is 11.0 Å². The van der Waals surface area contributed by atoms with Crippen molar-refractivity contribution in [2.45, 2.75) is 56.4 Å².